The number of piperidine rings is 1. The van der Waals surface area contributed by atoms with Crippen molar-refractivity contribution in [2.75, 3.05) is 20.1 Å². The fourth-order valence-corrected chi connectivity index (χ4v) is 3.31. The molecule has 0 atom stereocenters. The molecule has 1 aromatic heterocycles. The number of halogens is 2. The Morgan fingerprint density at radius 3 is 2.59 bits per heavy atom. The number of rotatable bonds is 5. The molecule has 0 bridgehead atoms. The monoisotopic (exact) mass is 548 g/mol. The van der Waals surface area contributed by atoms with Gasteiger partial charge in [-0.3, -0.25) is 9.89 Å². The van der Waals surface area contributed by atoms with Gasteiger partial charge in [0, 0.05) is 37.2 Å². The van der Waals surface area contributed by atoms with Gasteiger partial charge in [0.1, 0.15) is 0 Å². The molecular formula is C18H26BrIN6O. The molecule has 0 spiro atoms. The van der Waals surface area contributed by atoms with Gasteiger partial charge in [-0.05, 0) is 37.5 Å². The first-order valence-electron chi connectivity index (χ1n) is 8.85. The maximum absolute atomic E-state index is 5.11. The van der Waals surface area contributed by atoms with E-state index >= 15 is 0 Å². The molecule has 1 aliphatic rings. The highest BCUT2D eigenvalue weighted by Crippen LogP contribution is 2.16. The highest BCUT2D eigenvalue weighted by molar-refractivity contribution is 14.0. The van der Waals surface area contributed by atoms with Gasteiger partial charge in [-0.15, -0.1) is 24.0 Å². The largest absolute Gasteiger partial charge is 0.354 e. The Hall–Kier alpha value is -1.20. The number of guanidine groups is 1. The van der Waals surface area contributed by atoms with Gasteiger partial charge in [0.2, 0.25) is 5.89 Å². The molecule has 1 saturated heterocycles. The summed E-state index contributed by atoms with van der Waals surface area (Å²) < 4.78 is 6.23. The molecule has 1 aromatic carbocycles. The first kappa shape index (κ1) is 22.1. The molecule has 2 heterocycles. The minimum Gasteiger partial charge on any atom is -0.354 e. The highest BCUT2D eigenvalue weighted by Gasteiger charge is 2.20. The van der Waals surface area contributed by atoms with Crippen LogP contribution in [0.1, 0.15) is 30.1 Å². The molecule has 27 heavy (non-hydrogen) atoms. The van der Waals surface area contributed by atoms with Gasteiger partial charge in [-0.25, -0.2) is 0 Å². The minimum absolute atomic E-state index is 0. The molecule has 0 amide bonds. The van der Waals surface area contributed by atoms with Crippen molar-refractivity contribution >= 4 is 45.9 Å². The number of likely N-dealkylation sites (tertiary alicyclic amines) is 1. The molecule has 0 aliphatic carbocycles. The summed E-state index contributed by atoms with van der Waals surface area (Å²) in [7, 11) is 1.77. The lowest BCUT2D eigenvalue weighted by atomic mass is 10.0. The second-order valence-corrected chi connectivity index (χ2v) is 7.40. The number of nitrogens with zero attached hydrogens (tertiary/aromatic N) is 4. The van der Waals surface area contributed by atoms with Crippen LogP contribution in [0.15, 0.2) is 38.3 Å². The second kappa shape index (κ2) is 11.0. The van der Waals surface area contributed by atoms with Gasteiger partial charge in [-0.2, -0.15) is 4.98 Å². The van der Waals surface area contributed by atoms with Crippen LogP contribution in [0.25, 0.3) is 0 Å². The quantitative estimate of drug-likeness (QED) is 0.340. The lowest BCUT2D eigenvalue weighted by Gasteiger charge is -2.33. The van der Waals surface area contributed by atoms with E-state index in [1.165, 1.54) is 5.56 Å². The molecule has 0 radical (unpaired) electrons. The SMILES string of the molecule is CN=C(NCc1nc(C)no1)NC1CCN(Cc2ccc(Br)cc2)CC1.I. The zero-order chi connectivity index (χ0) is 18.4. The first-order chi connectivity index (χ1) is 12.6. The summed E-state index contributed by atoms with van der Waals surface area (Å²) in [4.78, 5) is 11.0. The number of aryl methyl sites for hydroxylation is 1. The lowest BCUT2D eigenvalue weighted by molar-refractivity contribution is 0.198. The Labute approximate surface area is 185 Å². The Balaban J connectivity index is 0.00000261. The maximum atomic E-state index is 5.11. The molecule has 2 aromatic rings. The van der Waals surface area contributed by atoms with Crippen molar-refractivity contribution in [1.82, 2.24) is 25.7 Å². The van der Waals surface area contributed by atoms with Gasteiger partial charge >= 0.3 is 0 Å². The zero-order valence-electron chi connectivity index (χ0n) is 15.6. The van der Waals surface area contributed by atoms with E-state index in [1.54, 1.807) is 7.05 Å². The van der Waals surface area contributed by atoms with Crippen LogP contribution in [-0.2, 0) is 13.1 Å². The van der Waals surface area contributed by atoms with Gasteiger partial charge in [0.05, 0.1) is 6.54 Å². The number of hydrogen-bond acceptors (Lipinski definition) is 5. The van der Waals surface area contributed by atoms with Crippen molar-refractivity contribution in [2.24, 2.45) is 4.99 Å². The van der Waals surface area contributed by atoms with Crippen LogP contribution in [0.5, 0.6) is 0 Å². The van der Waals surface area contributed by atoms with Crippen molar-refractivity contribution < 1.29 is 4.52 Å². The van der Waals surface area contributed by atoms with Crippen molar-refractivity contribution in [3.63, 3.8) is 0 Å². The highest BCUT2D eigenvalue weighted by atomic mass is 127. The molecule has 0 saturated carbocycles. The Kier molecular flexibility index (Phi) is 8.97. The van der Waals surface area contributed by atoms with Gasteiger partial charge in [0.25, 0.3) is 0 Å². The number of aliphatic imine (C=N–C) groups is 1. The van der Waals surface area contributed by atoms with Crippen LogP contribution >= 0.6 is 39.9 Å². The normalized spacial score (nSPS) is 16.0. The summed E-state index contributed by atoms with van der Waals surface area (Å²) in [6, 6.07) is 8.99. The van der Waals surface area contributed by atoms with Crippen LogP contribution in [0.2, 0.25) is 0 Å². The van der Waals surface area contributed by atoms with E-state index in [0.717, 1.165) is 42.9 Å². The number of nitrogens with one attached hydrogen (secondary N) is 2. The van der Waals surface area contributed by atoms with Crippen LogP contribution in [0, 0.1) is 6.92 Å². The Morgan fingerprint density at radius 2 is 2.00 bits per heavy atom. The van der Waals surface area contributed by atoms with Gasteiger partial charge in [0.15, 0.2) is 11.8 Å². The van der Waals surface area contributed by atoms with Gasteiger partial charge < -0.3 is 15.2 Å². The summed E-state index contributed by atoms with van der Waals surface area (Å²) in [5.41, 5.74) is 1.35. The third-order valence-electron chi connectivity index (χ3n) is 4.45. The molecule has 2 N–H and O–H groups in total. The predicted molar refractivity (Wildman–Crippen MR) is 120 cm³/mol. The van der Waals surface area contributed by atoms with Crippen molar-refractivity contribution in [3.05, 3.63) is 46.0 Å². The summed E-state index contributed by atoms with van der Waals surface area (Å²) in [5.74, 6) is 1.98. The van der Waals surface area contributed by atoms with Crippen LogP contribution in [0.4, 0.5) is 0 Å². The van der Waals surface area contributed by atoms with Gasteiger partial charge in [-0.1, -0.05) is 33.2 Å². The minimum atomic E-state index is 0. The fraction of sp³-hybridized carbons (Fsp3) is 0.500. The van der Waals surface area contributed by atoms with E-state index in [4.69, 9.17) is 4.52 Å². The Bertz CT molecular complexity index is 728. The van der Waals surface area contributed by atoms with Crippen LogP contribution < -0.4 is 10.6 Å². The third kappa shape index (κ3) is 7.04. The van der Waals surface area contributed by atoms with Crippen molar-refractivity contribution in [1.29, 1.82) is 0 Å². The topological polar surface area (TPSA) is 78.6 Å². The third-order valence-corrected chi connectivity index (χ3v) is 4.98. The Morgan fingerprint density at radius 1 is 1.30 bits per heavy atom. The van der Waals surface area contributed by atoms with E-state index < -0.39 is 0 Å². The maximum Gasteiger partial charge on any atom is 0.246 e. The molecule has 9 heteroatoms. The van der Waals surface area contributed by atoms with Crippen LogP contribution in [-0.4, -0.2) is 47.2 Å². The van der Waals surface area contributed by atoms with E-state index in [1.807, 2.05) is 6.92 Å². The molecule has 0 unspecified atom stereocenters. The average Bonchev–Trinajstić information content (AvgIpc) is 3.07. The average molecular weight is 549 g/mol. The second-order valence-electron chi connectivity index (χ2n) is 6.48. The molecular weight excluding hydrogens is 523 g/mol. The molecule has 7 nitrogen and oxygen atoms in total. The van der Waals surface area contributed by atoms with Crippen molar-refractivity contribution in [2.45, 2.75) is 38.9 Å². The molecule has 1 aliphatic heterocycles. The smallest absolute Gasteiger partial charge is 0.246 e. The summed E-state index contributed by atoms with van der Waals surface area (Å²) in [6.07, 6.45) is 2.19. The van der Waals surface area contributed by atoms with E-state index in [9.17, 15) is 0 Å². The number of benzene rings is 1. The standard InChI is InChI=1S/C18H25BrN6O.HI/c1-13-22-17(26-24-13)11-21-18(20-2)23-16-7-9-25(10-8-16)12-14-3-5-15(19)6-4-14;/h3-6,16H,7-12H2,1-2H3,(H2,20,21,23);1H. The molecule has 148 valence electrons. The lowest BCUT2D eigenvalue weighted by Crippen LogP contribution is -2.48. The van der Waals surface area contributed by atoms with Crippen molar-refractivity contribution in [3.8, 4) is 0 Å². The first-order valence-corrected chi connectivity index (χ1v) is 9.65. The van der Waals surface area contributed by atoms with Crippen LogP contribution in [0.3, 0.4) is 0 Å². The molecule has 1 fully saturated rings. The predicted octanol–water partition coefficient (Wildman–Crippen LogP) is 3.09. The van der Waals surface area contributed by atoms with E-state index in [2.05, 4.69) is 70.9 Å². The van der Waals surface area contributed by atoms with E-state index in [-0.39, 0.29) is 24.0 Å². The summed E-state index contributed by atoms with van der Waals surface area (Å²) >= 11 is 3.48. The molecule has 3 rings (SSSR count). The zero-order valence-corrected chi connectivity index (χ0v) is 19.5. The summed E-state index contributed by atoms with van der Waals surface area (Å²) in [6.45, 7) is 5.44. The number of hydrogen-bond donors (Lipinski definition) is 2. The van der Waals surface area contributed by atoms with E-state index in [0.29, 0.717) is 24.3 Å². The number of aromatic nitrogens is 2. The summed E-state index contributed by atoms with van der Waals surface area (Å²) in [5, 5.41) is 10.5. The fourth-order valence-electron chi connectivity index (χ4n) is 3.04.